The Labute approximate surface area is 116 Å². The van der Waals surface area contributed by atoms with Crippen molar-refractivity contribution in [2.75, 3.05) is 0 Å². The Balaban J connectivity index is 2.60. The maximum atomic E-state index is 9.91. The van der Waals surface area contributed by atoms with Crippen molar-refractivity contribution in [3.05, 3.63) is 46.7 Å². The molecule has 2 nitrogen and oxygen atoms in total. The van der Waals surface area contributed by atoms with Gasteiger partial charge in [-0.1, -0.05) is 39.0 Å². The number of hydrogen-bond acceptors (Lipinski definition) is 2. The molecule has 3 heteroatoms. The summed E-state index contributed by atoms with van der Waals surface area (Å²) >= 11 is 3.43. The van der Waals surface area contributed by atoms with Crippen LogP contribution in [0.1, 0.15) is 26.5 Å². The SMILES string of the molecule is CC(C)(C)c1cc(-c2ccccc2O)cc(Br)n1. The van der Waals surface area contributed by atoms with Crippen molar-refractivity contribution >= 4 is 15.9 Å². The highest BCUT2D eigenvalue weighted by Gasteiger charge is 2.17. The van der Waals surface area contributed by atoms with Gasteiger partial charge in [-0.2, -0.15) is 0 Å². The van der Waals surface area contributed by atoms with Crippen LogP contribution in [0, 0.1) is 0 Å². The zero-order chi connectivity index (χ0) is 13.3. The maximum Gasteiger partial charge on any atom is 0.123 e. The smallest absolute Gasteiger partial charge is 0.123 e. The monoisotopic (exact) mass is 305 g/mol. The lowest BCUT2D eigenvalue weighted by atomic mass is 9.90. The van der Waals surface area contributed by atoms with E-state index in [1.807, 2.05) is 30.3 Å². The standard InChI is InChI=1S/C15H16BrNO/c1-15(2,3)13-8-10(9-14(16)17-13)11-6-4-5-7-12(11)18/h4-9,18H,1-3H3. The Hall–Kier alpha value is -1.35. The molecular weight excluding hydrogens is 290 g/mol. The highest BCUT2D eigenvalue weighted by atomic mass is 79.9. The number of benzene rings is 1. The molecule has 0 spiro atoms. The van der Waals surface area contributed by atoms with Crippen LogP contribution in [-0.2, 0) is 5.41 Å². The number of phenols is 1. The fourth-order valence-corrected chi connectivity index (χ4v) is 2.19. The average molecular weight is 306 g/mol. The van der Waals surface area contributed by atoms with Gasteiger partial charge in [-0.25, -0.2) is 4.98 Å². The van der Waals surface area contributed by atoms with Crippen molar-refractivity contribution in [2.24, 2.45) is 0 Å². The van der Waals surface area contributed by atoms with E-state index in [1.54, 1.807) is 6.07 Å². The highest BCUT2D eigenvalue weighted by molar-refractivity contribution is 9.10. The first kappa shape index (κ1) is 13.1. The molecule has 0 aliphatic heterocycles. The van der Waals surface area contributed by atoms with Crippen LogP contribution in [0.2, 0.25) is 0 Å². The lowest BCUT2D eigenvalue weighted by Crippen LogP contribution is -2.13. The van der Waals surface area contributed by atoms with Crippen LogP contribution < -0.4 is 0 Å². The summed E-state index contributed by atoms with van der Waals surface area (Å²) in [4.78, 5) is 4.50. The second-order valence-corrected chi connectivity index (χ2v) is 6.14. The number of pyridine rings is 1. The van der Waals surface area contributed by atoms with E-state index in [2.05, 4.69) is 41.7 Å². The number of phenolic OH excluding ortho intramolecular Hbond substituents is 1. The number of aromatic nitrogens is 1. The largest absolute Gasteiger partial charge is 0.507 e. The normalized spacial score (nSPS) is 11.6. The van der Waals surface area contributed by atoms with Crippen molar-refractivity contribution in [1.29, 1.82) is 0 Å². The molecule has 0 atom stereocenters. The number of nitrogens with zero attached hydrogens (tertiary/aromatic N) is 1. The van der Waals surface area contributed by atoms with Crippen LogP contribution in [0.25, 0.3) is 11.1 Å². The van der Waals surface area contributed by atoms with Crippen molar-refractivity contribution in [1.82, 2.24) is 4.98 Å². The van der Waals surface area contributed by atoms with E-state index in [9.17, 15) is 5.11 Å². The van der Waals surface area contributed by atoms with E-state index >= 15 is 0 Å². The quantitative estimate of drug-likeness (QED) is 0.786. The Morgan fingerprint density at radius 1 is 1.11 bits per heavy atom. The van der Waals surface area contributed by atoms with Crippen molar-refractivity contribution in [3.8, 4) is 16.9 Å². The van der Waals surface area contributed by atoms with Gasteiger partial charge in [0.15, 0.2) is 0 Å². The van der Waals surface area contributed by atoms with Crippen LogP contribution in [0.15, 0.2) is 41.0 Å². The fraction of sp³-hybridized carbons (Fsp3) is 0.267. The third-order valence-corrected chi connectivity index (χ3v) is 3.18. The zero-order valence-corrected chi connectivity index (χ0v) is 12.3. The molecule has 1 heterocycles. The van der Waals surface area contributed by atoms with Crippen LogP contribution >= 0.6 is 15.9 Å². The lowest BCUT2D eigenvalue weighted by molar-refractivity contribution is 0.477. The molecule has 0 unspecified atom stereocenters. The van der Waals surface area contributed by atoms with Crippen LogP contribution in [0.4, 0.5) is 0 Å². The van der Waals surface area contributed by atoms with E-state index in [0.29, 0.717) is 0 Å². The minimum absolute atomic E-state index is 0.0249. The first-order valence-corrected chi connectivity index (χ1v) is 6.63. The summed E-state index contributed by atoms with van der Waals surface area (Å²) in [6, 6.07) is 11.3. The Morgan fingerprint density at radius 3 is 2.39 bits per heavy atom. The lowest BCUT2D eigenvalue weighted by Gasteiger charge is -2.19. The minimum atomic E-state index is -0.0249. The first-order chi connectivity index (χ1) is 8.38. The molecule has 1 aromatic heterocycles. The molecule has 1 aromatic carbocycles. The molecule has 0 saturated carbocycles. The average Bonchev–Trinajstić information content (AvgIpc) is 2.27. The summed E-state index contributed by atoms with van der Waals surface area (Å²) < 4.78 is 0.785. The Morgan fingerprint density at radius 2 is 1.78 bits per heavy atom. The van der Waals surface area contributed by atoms with E-state index in [0.717, 1.165) is 21.4 Å². The predicted octanol–water partition coefficient (Wildman–Crippen LogP) is 4.51. The third kappa shape index (κ3) is 2.72. The van der Waals surface area contributed by atoms with Gasteiger partial charge in [0.25, 0.3) is 0 Å². The van der Waals surface area contributed by atoms with Crippen molar-refractivity contribution < 1.29 is 5.11 Å². The topological polar surface area (TPSA) is 33.1 Å². The molecule has 94 valence electrons. The summed E-state index contributed by atoms with van der Waals surface area (Å²) in [5, 5.41) is 9.91. The molecule has 0 aliphatic rings. The van der Waals surface area contributed by atoms with E-state index in [1.165, 1.54) is 0 Å². The Bertz CT molecular complexity index is 573. The number of hydrogen-bond donors (Lipinski definition) is 1. The second kappa shape index (κ2) is 4.73. The molecule has 0 saturated heterocycles. The summed E-state index contributed by atoms with van der Waals surface area (Å²) in [5.74, 6) is 0.287. The van der Waals surface area contributed by atoms with E-state index < -0.39 is 0 Å². The van der Waals surface area contributed by atoms with Crippen LogP contribution in [0.3, 0.4) is 0 Å². The summed E-state index contributed by atoms with van der Waals surface area (Å²) in [5.41, 5.74) is 2.77. The molecular formula is C15H16BrNO. The number of rotatable bonds is 1. The maximum absolute atomic E-state index is 9.91. The molecule has 0 aliphatic carbocycles. The number of halogens is 1. The van der Waals surface area contributed by atoms with Gasteiger partial charge < -0.3 is 5.11 Å². The van der Waals surface area contributed by atoms with Gasteiger partial charge in [-0.3, -0.25) is 0 Å². The van der Waals surface area contributed by atoms with Gasteiger partial charge >= 0.3 is 0 Å². The van der Waals surface area contributed by atoms with Gasteiger partial charge in [0, 0.05) is 16.7 Å². The molecule has 1 N–H and O–H groups in total. The first-order valence-electron chi connectivity index (χ1n) is 5.84. The number of aromatic hydroxyl groups is 1. The summed E-state index contributed by atoms with van der Waals surface area (Å²) in [6.07, 6.45) is 0. The highest BCUT2D eigenvalue weighted by Crippen LogP contribution is 2.33. The van der Waals surface area contributed by atoms with Gasteiger partial charge in [0.2, 0.25) is 0 Å². The number of para-hydroxylation sites is 1. The molecule has 0 amide bonds. The minimum Gasteiger partial charge on any atom is -0.507 e. The molecule has 2 aromatic rings. The van der Waals surface area contributed by atoms with Gasteiger partial charge in [0.1, 0.15) is 10.4 Å². The van der Waals surface area contributed by atoms with Crippen molar-refractivity contribution in [3.63, 3.8) is 0 Å². The van der Waals surface area contributed by atoms with Crippen LogP contribution in [-0.4, -0.2) is 10.1 Å². The third-order valence-electron chi connectivity index (χ3n) is 2.78. The van der Waals surface area contributed by atoms with Crippen LogP contribution in [0.5, 0.6) is 5.75 Å². The molecule has 18 heavy (non-hydrogen) atoms. The summed E-state index contributed by atoms with van der Waals surface area (Å²) in [6.45, 7) is 6.36. The molecule has 0 radical (unpaired) electrons. The van der Waals surface area contributed by atoms with Gasteiger partial charge in [-0.05, 0) is 39.7 Å². The van der Waals surface area contributed by atoms with Crippen molar-refractivity contribution in [2.45, 2.75) is 26.2 Å². The molecule has 0 bridgehead atoms. The summed E-state index contributed by atoms with van der Waals surface area (Å²) in [7, 11) is 0. The van der Waals surface area contributed by atoms with Gasteiger partial charge in [0.05, 0.1) is 0 Å². The van der Waals surface area contributed by atoms with E-state index in [4.69, 9.17) is 0 Å². The van der Waals surface area contributed by atoms with E-state index in [-0.39, 0.29) is 11.2 Å². The zero-order valence-electron chi connectivity index (χ0n) is 10.7. The van der Waals surface area contributed by atoms with Gasteiger partial charge in [-0.15, -0.1) is 0 Å². The fourth-order valence-electron chi connectivity index (χ4n) is 1.75. The second-order valence-electron chi connectivity index (χ2n) is 5.33. The predicted molar refractivity (Wildman–Crippen MR) is 77.7 cm³/mol. The Kier molecular flexibility index (Phi) is 3.44. The molecule has 2 rings (SSSR count). The molecule has 0 fully saturated rings.